The fraction of sp³-hybridized carbons (Fsp3) is 0.250. The SMILES string of the molecule is CCn1c(-c2cccc(N3CCNS3(=O)=O)c2)c(C#N)c2ccc(OC)cc21. The number of nitrogens with one attached hydrogen (secondary N) is 1. The van der Waals surface area contributed by atoms with E-state index < -0.39 is 10.2 Å². The molecule has 144 valence electrons. The van der Waals surface area contributed by atoms with E-state index >= 15 is 0 Å². The molecule has 1 saturated heterocycles. The lowest BCUT2D eigenvalue weighted by molar-refractivity contribution is 0.415. The van der Waals surface area contributed by atoms with Crippen molar-refractivity contribution in [3.05, 3.63) is 48.0 Å². The van der Waals surface area contributed by atoms with Crippen LogP contribution in [-0.4, -0.2) is 33.2 Å². The van der Waals surface area contributed by atoms with E-state index in [1.54, 1.807) is 13.2 Å². The first-order valence-corrected chi connectivity index (χ1v) is 10.4. The minimum absolute atomic E-state index is 0.380. The van der Waals surface area contributed by atoms with Crippen molar-refractivity contribution in [3.63, 3.8) is 0 Å². The molecule has 7 nitrogen and oxygen atoms in total. The van der Waals surface area contributed by atoms with E-state index in [1.165, 1.54) is 4.31 Å². The molecule has 0 atom stereocenters. The number of hydrogen-bond donors (Lipinski definition) is 1. The number of ether oxygens (including phenoxy) is 1. The van der Waals surface area contributed by atoms with Crippen LogP contribution in [0.3, 0.4) is 0 Å². The summed E-state index contributed by atoms with van der Waals surface area (Å²) in [4.78, 5) is 0. The van der Waals surface area contributed by atoms with Gasteiger partial charge in [-0.15, -0.1) is 0 Å². The molecule has 2 aromatic carbocycles. The molecule has 28 heavy (non-hydrogen) atoms. The lowest BCUT2D eigenvalue weighted by atomic mass is 10.1. The van der Waals surface area contributed by atoms with E-state index in [1.807, 2.05) is 43.3 Å². The standard InChI is InChI=1S/C20H20N4O3S/c1-3-23-19-12-16(27-2)7-8-17(19)18(13-21)20(23)14-5-4-6-15(11-14)24-10-9-22-28(24,25)26/h4-8,11-12,22H,3,9-10H2,1-2H3. The number of aromatic nitrogens is 1. The summed E-state index contributed by atoms with van der Waals surface area (Å²) in [6.45, 7) is 3.44. The Labute approximate surface area is 163 Å². The Hall–Kier alpha value is -3.02. The predicted octanol–water partition coefficient (Wildman–Crippen LogP) is 2.86. The zero-order valence-corrected chi connectivity index (χ0v) is 16.5. The van der Waals surface area contributed by atoms with Crippen LogP contribution in [0.25, 0.3) is 22.2 Å². The lowest BCUT2D eigenvalue weighted by Gasteiger charge is -2.17. The van der Waals surface area contributed by atoms with E-state index in [4.69, 9.17) is 4.74 Å². The second kappa shape index (κ2) is 6.86. The van der Waals surface area contributed by atoms with Crippen LogP contribution < -0.4 is 13.8 Å². The highest BCUT2D eigenvalue weighted by molar-refractivity contribution is 7.91. The monoisotopic (exact) mass is 396 g/mol. The number of fused-ring (bicyclic) bond motifs is 1. The quantitative estimate of drug-likeness (QED) is 0.735. The Bertz CT molecular complexity index is 1210. The third-order valence-electron chi connectivity index (χ3n) is 5.00. The molecule has 2 heterocycles. The summed E-state index contributed by atoms with van der Waals surface area (Å²) in [6, 6.07) is 15.3. The highest BCUT2D eigenvalue weighted by Gasteiger charge is 2.28. The normalized spacial score (nSPS) is 15.7. The number of benzene rings is 2. The van der Waals surface area contributed by atoms with Gasteiger partial charge in [-0.25, -0.2) is 0 Å². The van der Waals surface area contributed by atoms with Crippen LogP contribution >= 0.6 is 0 Å². The van der Waals surface area contributed by atoms with Gasteiger partial charge in [0, 0.05) is 36.7 Å². The molecule has 0 saturated carbocycles. The number of rotatable bonds is 4. The number of nitriles is 1. The Balaban J connectivity index is 1.95. The van der Waals surface area contributed by atoms with Gasteiger partial charge in [0.1, 0.15) is 11.8 Å². The average molecular weight is 396 g/mol. The zero-order valence-electron chi connectivity index (χ0n) is 15.6. The van der Waals surface area contributed by atoms with Crippen molar-refractivity contribution in [3.8, 4) is 23.1 Å². The summed E-state index contributed by atoms with van der Waals surface area (Å²) in [7, 11) is -1.90. The molecule has 0 radical (unpaired) electrons. The maximum Gasteiger partial charge on any atom is 0.301 e. The van der Waals surface area contributed by atoms with Crippen LogP contribution in [0.5, 0.6) is 5.75 Å². The van der Waals surface area contributed by atoms with Gasteiger partial charge in [0.2, 0.25) is 0 Å². The fourth-order valence-electron chi connectivity index (χ4n) is 3.75. The molecule has 0 unspecified atom stereocenters. The number of nitrogens with zero attached hydrogens (tertiary/aromatic N) is 3. The van der Waals surface area contributed by atoms with Gasteiger partial charge in [-0.05, 0) is 31.2 Å². The van der Waals surface area contributed by atoms with Crippen molar-refractivity contribution in [2.75, 3.05) is 24.5 Å². The highest BCUT2D eigenvalue weighted by atomic mass is 32.2. The van der Waals surface area contributed by atoms with Crippen LogP contribution in [0.15, 0.2) is 42.5 Å². The second-order valence-corrected chi connectivity index (χ2v) is 8.16. The first kappa shape index (κ1) is 18.3. The van der Waals surface area contributed by atoms with Gasteiger partial charge in [-0.1, -0.05) is 12.1 Å². The minimum Gasteiger partial charge on any atom is -0.497 e. The van der Waals surface area contributed by atoms with Crippen molar-refractivity contribution in [1.82, 2.24) is 9.29 Å². The molecule has 1 aliphatic heterocycles. The summed E-state index contributed by atoms with van der Waals surface area (Å²) >= 11 is 0. The number of anilines is 1. The molecule has 0 spiro atoms. The molecule has 0 amide bonds. The molecule has 0 aliphatic carbocycles. The summed E-state index contributed by atoms with van der Waals surface area (Å²) in [6.07, 6.45) is 0. The Morgan fingerprint density at radius 2 is 2.07 bits per heavy atom. The van der Waals surface area contributed by atoms with E-state index in [9.17, 15) is 13.7 Å². The maximum absolute atomic E-state index is 12.2. The molecule has 1 N–H and O–H groups in total. The molecule has 1 fully saturated rings. The number of aryl methyl sites for hydroxylation is 1. The second-order valence-electron chi connectivity index (χ2n) is 6.48. The Morgan fingerprint density at radius 1 is 1.25 bits per heavy atom. The molecule has 8 heteroatoms. The van der Waals surface area contributed by atoms with Crippen molar-refractivity contribution in [2.45, 2.75) is 13.5 Å². The van der Waals surface area contributed by atoms with E-state index in [0.717, 1.165) is 27.9 Å². The molecule has 3 aromatic rings. The minimum atomic E-state index is -3.51. The third kappa shape index (κ3) is 2.80. The first-order chi connectivity index (χ1) is 13.5. The predicted molar refractivity (Wildman–Crippen MR) is 109 cm³/mol. The summed E-state index contributed by atoms with van der Waals surface area (Å²) in [5.41, 5.74) is 3.64. The fourth-order valence-corrected chi connectivity index (χ4v) is 4.98. The lowest BCUT2D eigenvalue weighted by Crippen LogP contribution is -2.29. The van der Waals surface area contributed by atoms with E-state index in [2.05, 4.69) is 15.4 Å². The zero-order chi connectivity index (χ0) is 19.9. The average Bonchev–Trinajstić information content (AvgIpc) is 3.23. The molecule has 1 aliphatic rings. The summed E-state index contributed by atoms with van der Waals surface area (Å²) in [5, 5.41) is 10.7. The van der Waals surface area contributed by atoms with Gasteiger partial charge in [-0.3, -0.25) is 4.31 Å². The van der Waals surface area contributed by atoms with Crippen molar-refractivity contribution >= 4 is 26.8 Å². The van der Waals surface area contributed by atoms with Gasteiger partial charge < -0.3 is 9.30 Å². The summed E-state index contributed by atoms with van der Waals surface area (Å²) < 4.78 is 35.7. The van der Waals surface area contributed by atoms with Crippen molar-refractivity contribution < 1.29 is 13.2 Å². The van der Waals surface area contributed by atoms with Crippen molar-refractivity contribution in [1.29, 1.82) is 5.26 Å². The molecule has 1 aromatic heterocycles. The van der Waals surface area contributed by atoms with E-state index in [-0.39, 0.29) is 0 Å². The molecule has 0 bridgehead atoms. The van der Waals surface area contributed by atoms with Crippen molar-refractivity contribution in [2.24, 2.45) is 0 Å². The molecular formula is C20H20N4O3S. The largest absolute Gasteiger partial charge is 0.497 e. The number of hydrogen-bond acceptors (Lipinski definition) is 4. The van der Waals surface area contributed by atoms with Crippen LogP contribution in [0.4, 0.5) is 5.69 Å². The van der Waals surface area contributed by atoms with Crippen LogP contribution in [-0.2, 0) is 16.8 Å². The molecule has 4 rings (SSSR count). The maximum atomic E-state index is 12.2. The van der Waals surface area contributed by atoms with Crippen LogP contribution in [0, 0.1) is 11.3 Å². The van der Waals surface area contributed by atoms with Gasteiger partial charge in [0.15, 0.2) is 0 Å². The summed E-state index contributed by atoms with van der Waals surface area (Å²) in [5.74, 6) is 0.721. The smallest absolute Gasteiger partial charge is 0.301 e. The van der Waals surface area contributed by atoms with Gasteiger partial charge in [-0.2, -0.15) is 18.4 Å². The first-order valence-electron chi connectivity index (χ1n) is 8.98. The molecular weight excluding hydrogens is 376 g/mol. The van der Waals surface area contributed by atoms with Gasteiger partial charge >= 0.3 is 10.2 Å². The Morgan fingerprint density at radius 3 is 2.71 bits per heavy atom. The number of methoxy groups -OCH3 is 1. The van der Waals surface area contributed by atoms with Gasteiger partial charge in [0.25, 0.3) is 0 Å². The third-order valence-corrected chi connectivity index (χ3v) is 6.54. The van der Waals surface area contributed by atoms with Gasteiger partial charge in [0.05, 0.1) is 29.6 Å². The van der Waals surface area contributed by atoms with Crippen LogP contribution in [0.1, 0.15) is 12.5 Å². The van der Waals surface area contributed by atoms with Crippen LogP contribution in [0.2, 0.25) is 0 Å². The van der Waals surface area contributed by atoms with E-state index in [0.29, 0.717) is 30.9 Å². The topological polar surface area (TPSA) is 87.4 Å². The Kier molecular flexibility index (Phi) is 4.49. The highest BCUT2D eigenvalue weighted by Crippen LogP contribution is 2.36.